The molecule has 174 valence electrons. The highest BCUT2D eigenvalue weighted by Crippen LogP contribution is 2.31. The number of ether oxygens (including phenoxy) is 2. The Morgan fingerprint density at radius 2 is 1.66 bits per heavy atom. The fourth-order valence-corrected chi connectivity index (χ4v) is 5.34. The first-order chi connectivity index (χ1) is 15.4. The Morgan fingerprint density at radius 1 is 1.03 bits per heavy atom. The van der Waals surface area contributed by atoms with Gasteiger partial charge in [0.05, 0.1) is 24.2 Å². The lowest BCUT2D eigenvalue weighted by Crippen LogP contribution is -2.43. The Balaban J connectivity index is 1.59. The summed E-state index contributed by atoms with van der Waals surface area (Å²) in [7, 11) is -3.52. The maximum Gasteiger partial charge on any atom is 0.243 e. The van der Waals surface area contributed by atoms with Gasteiger partial charge >= 0.3 is 0 Å². The third-order valence-electron chi connectivity index (χ3n) is 5.63. The standard InChI is InChI=1S/C24H32N2O5S/c1-4-30-22-12-11-20(17-23(22)31-5-2)18(3)25-24(27)19-13-15-26(16-14-19)32(28,29)21-9-7-6-8-10-21/h6-12,17-19H,4-5,13-16H2,1-3H3,(H,25,27)/t18-/m0/s1. The van der Waals surface area contributed by atoms with E-state index >= 15 is 0 Å². The summed E-state index contributed by atoms with van der Waals surface area (Å²) in [6.45, 7) is 7.50. The summed E-state index contributed by atoms with van der Waals surface area (Å²) >= 11 is 0. The van der Waals surface area contributed by atoms with Crippen molar-refractivity contribution in [3.63, 3.8) is 0 Å². The summed E-state index contributed by atoms with van der Waals surface area (Å²) in [5, 5.41) is 3.07. The summed E-state index contributed by atoms with van der Waals surface area (Å²) in [5.41, 5.74) is 0.925. The molecule has 0 aromatic heterocycles. The molecule has 7 nitrogen and oxygen atoms in total. The molecule has 1 aliphatic heterocycles. The van der Waals surface area contributed by atoms with Gasteiger partial charge in [-0.3, -0.25) is 4.79 Å². The number of amides is 1. The van der Waals surface area contributed by atoms with Crippen LogP contribution >= 0.6 is 0 Å². The molecular weight excluding hydrogens is 428 g/mol. The van der Waals surface area contributed by atoms with Gasteiger partial charge in [-0.05, 0) is 63.4 Å². The monoisotopic (exact) mass is 460 g/mol. The predicted octanol–water partition coefficient (Wildman–Crippen LogP) is 3.76. The molecule has 0 unspecified atom stereocenters. The maximum absolute atomic E-state index is 12.9. The van der Waals surface area contributed by atoms with Gasteiger partial charge in [0.25, 0.3) is 0 Å². The molecule has 0 radical (unpaired) electrons. The van der Waals surface area contributed by atoms with E-state index in [0.717, 1.165) is 5.56 Å². The van der Waals surface area contributed by atoms with Crippen molar-refractivity contribution >= 4 is 15.9 Å². The Hall–Kier alpha value is -2.58. The molecule has 0 spiro atoms. The van der Waals surface area contributed by atoms with Crippen LogP contribution in [0.1, 0.15) is 45.2 Å². The minimum Gasteiger partial charge on any atom is -0.490 e. The fraction of sp³-hybridized carbons (Fsp3) is 0.458. The second kappa shape index (κ2) is 10.8. The lowest BCUT2D eigenvalue weighted by atomic mass is 9.96. The van der Waals surface area contributed by atoms with Crippen LogP contribution in [-0.2, 0) is 14.8 Å². The second-order valence-electron chi connectivity index (χ2n) is 7.79. The van der Waals surface area contributed by atoms with Gasteiger partial charge in [-0.15, -0.1) is 0 Å². The first-order valence-electron chi connectivity index (χ1n) is 11.1. The van der Waals surface area contributed by atoms with Gasteiger partial charge in [0.2, 0.25) is 15.9 Å². The first-order valence-corrected chi connectivity index (χ1v) is 12.6. The number of carbonyl (C=O) groups excluding carboxylic acids is 1. The molecule has 1 amide bonds. The van der Waals surface area contributed by atoms with Crippen molar-refractivity contribution in [2.75, 3.05) is 26.3 Å². The number of benzene rings is 2. The number of rotatable bonds is 9. The van der Waals surface area contributed by atoms with E-state index in [9.17, 15) is 13.2 Å². The van der Waals surface area contributed by atoms with E-state index in [0.29, 0.717) is 50.6 Å². The molecule has 1 heterocycles. The predicted molar refractivity (Wildman–Crippen MR) is 123 cm³/mol. The lowest BCUT2D eigenvalue weighted by molar-refractivity contribution is -0.126. The van der Waals surface area contributed by atoms with Gasteiger partial charge in [-0.1, -0.05) is 24.3 Å². The summed E-state index contributed by atoms with van der Waals surface area (Å²) in [6, 6.07) is 13.9. The van der Waals surface area contributed by atoms with Crippen molar-refractivity contribution in [3.05, 3.63) is 54.1 Å². The number of hydrogen-bond acceptors (Lipinski definition) is 5. The summed E-state index contributed by atoms with van der Waals surface area (Å²) in [6.07, 6.45) is 0.996. The number of nitrogens with zero attached hydrogens (tertiary/aromatic N) is 1. The SMILES string of the molecule is CCOc1ccc([C@H](C)NC(=O)C2CCN(S(=O)(=O)c3ccccc3)CC2)cc1OCC. The number of nitrogens with one attached hydrogen (secondary N) is 1. The van der Waals surface area contributed by atoms with Crippen LogP contribution < -0.4 is 14.8 Å². The average Bonchev–Trinajstić information content (AvgIpc) is 2.81. The van der Waals surface area contributed by atoms with Crippen LogP contribution in [0.4, 0.5) is 0 Å². The van der Waals surface area contributed by atoms with Crippen LogP contribution in [0.5, 0.6) is 11.5 Å². The highest BCUT2D eigenvalue weighted by molar-refractivity contribution is 7.89. The van der Waals surface area contributed by atoms with Crippen molar-refractivity contribution < 1.29 is 22.7 Å². The van der Waals surface area contributed by atoms with Crippen molar-refractivity contribution in [1.29, 1.82) is 0 Å². The van der Waals surface area contributed by atoms with Crippen LogP contribution in [0.15, 0.2) is 53.4 Å². The quantitative estimate of drug-likeness (QED) is 0.616. The summed E-state index contributed by atoms with van der Waals surface area (Å²) in [4.78, 5) is 13.1. The van der Waals surface area contributed by atoms with Crippen molar-refractivity contribution in [1.82, 2.24) is 9.62 Å². The molecule has 8 heteroatoms. The zero-order chi connectivity index (χ0) is 23.1. The molecular formula is C24H32N2O5S. The molecule has 1 fully saturated rings. The third-order valence-corrected chi connectivity index (χ3v) is 7.54. The van der Waals surface area contributed by atoms with E-state index < -0.39 is 10.0 Å². The van der Waals surface area contributed by atoms with Gasteiger partial charge in [-0.2, -0.15) is 4.31 Å². The van der Waals surface area contributed by atoms with Crippen LogP contribution in [-0.4, -0.2) is 44.9 Å². The minimum absolute atomic E-state index is 0.0545. The van der Waals surface area contributed by atoms with Crippen molar-refractivity contribution in [2.45, 2.75) is 44.6 Å². The molecule has 1 saturated heterocycles. The van der Waals surface area contributed by atoms with Crippen LogP contribution in [0, 0.1) is 5.92 Å². The van der Waals surface area contributed by atoms with E-state index in [1.165, 1.54) is 4.31 Å². The zero-order valence-corrected chi connectivity index (χ0v) is 19.7. The van der Waals surface area contributed by atoms with Crippen LogP contribution in [0.3, 0.4) is 0 Å². The molecule has 1 aliphatic rings. The maximum atomic E-state index is 12.9. The second-order valence-corrected chi connectivity index (χ2v) is 9.73. The van der Waals surface area contributed by atoms with Crippen molar-refractivity contribution in [3.8, 4) is 11.5 Å². The Bertz CT molecular complexity index is 1000. The van der Waals surface area contributed by atoms with Gasteiger partial charge in [0, 0.05) is 19.0 Å². The molecule has 2 aromatic carbocycles. The van der Waals surface area contributed by atoms with Crippen LogP contribution in [0.2, 0.25) is 0 Å². The summed E-state index contributed by atoms with van der Waals surface area (Å²) < 4.78 is 38.3. The fourth-order valence-electron chi connectivity index (χ4n) is 3.85. The Kier molecular flexibility index (Phi) is 8.15. The Labute approximate surface area is 190 Å². The molecule has 0 saturated carbocycles. The van der Waals surface area contributed by atoms with Gasteiger partial charge in [-0.25, -0.2) is 8.42 Å². The van der Waals surface area contributed by atoms with E-state index in [-0.39, 0.29) is 22.8 Å². The van der Waals surface area contributed by atoms with E-state index in [2.05, 4.69) is 5.32 Å². The Morgan fingerprint density at radius 3 is 2.28 bits per heavy atom. The number of sulfonamides is 1. The zero-order valence-electron chi connectivity index (χ0n) is 18.9. The number of carbonyl (C=O) groups is 1. The van der Waals surface area contributed by atoms with E-state index in [1.54, 1.807) is 30.3 Å². The van der Waals surface area contributed by atoms with Gasteiger partial charge in [0.1, 0.15) is 0 Å². The largest absolute Gasteiger partial charge is 0.490 e. The highest BCUT2D eigenvalue weighted by Gasteiger charge is 2.32. The van der Waals surface area contributed by atoms with Gasteiger partial charge in [0.15, 0.2) is 11.5 Å². The van der Waals surface area contributed by atoms with E-state index in [4.69, 9.17) is 9.47 Å². The smallest absolute Gasteiger partial charge is 0.243 e. The average molecular weight is 461 g/mol. The molecule has 3 rings (SSSR count). The lowest BCUT2D eigenvalue weighted by Gasteiger charge is -2.31. The molecule has 0 aliphatic carbocycles. The molecule has 2 aromatic rings. The van der Waals surface area contributed by atoms with E-state index in [1.807, 2.05) is 39.0 Å². The minimum atomic E-state index is -3.52. The van der Waals surface area contributed by atoms with Gasteiger partial charge < -0.3 is 14.8 Å². The topological polar surface area (TPSA) is 84.9 Å². The molecule has 1 N–H and O–H groups in total. The first kappa shape index (κ1) is 24.1. The molecule has 1 atom stereocenters. The van der Waals surface area contributed by atoms with Crippen LogP contribution in [0.25, 0.3) is 0 Å². The van der Waals surface area contributed by atoms with Crippen molar-refractivity contribution in [2.24, 2.45) is 5.92 Å². The third kappa shape index (κ3) is 5.61. The molecule has 0 bridgehead atoms. The normalized spacial score (nSPS) is 16.3. The highest BCUT2D eigenvalue weighted by atomic mass is 32.2. The molecule has 32 heavy (non-hydrogen) atoms. The number of hydrogen-bond donors (Lipinski definition) is 1. The number of piperidine rings is 1. The summed E-state index contributed by atoms with van der Waals surface area (Å²) in [5.74, 6) is 1.07.